The van der Waals surface area contributed by atoms with E-state index < -0.39 is 0 Å². The third kappa shape index (κ3) is 3.83. The molecule has 3 aromatic rings. The van der Waals surface area contributed by atoms with Gasteiger partial charge in [0.25, 0.3) is 0 Å². The van der Waals surface area contributed by atoms with Gasteiger partial charge in [0, 0.05) is 5.41 Å². The molecule has 120 valence electrons. The van der Waals surface area contributed by atoms with Crippen molar-refractivity contribution >= 4 is 0 Å². The van der Waals surface area contributed by atoms with Crippen LogP contribution in [0.15, 0.2) is 104 Å². The summed E-state index contributed by atoms with van der Waals surface area (Å²) in [6.45, 7) is 4.05. The Balaban J connectivity index is 2.04. The van der Waals surface area contributed by atoms with Gasteiger partial charge in [-0.15, -0.1) is 6.58 Å². The monoisotopic (exact) mass is 312 g/mol. The first-order valence-corrected chi connectivity index (χ1v) is 8.57. The van der Waals surface area contributed by atoms with Gasteiger partial charge in [-0.25, -0.2) is 0 Å². The molecule has 0 fully saturated rings. The van der Waals surface area contributed by atoms with Crippen molar-refractivity contribution in [2.24, 2.45) is 0 Å². The third-order valence-electron chi connectivity index (χ3n) is 4.69. The van der Waals surface area contributed by atoms with Gasteiger partial charge in [0.1, 0.15) is 0 Å². The predicted molar refractivity (Wildman–Crippen MR) is 103 cm³/mol. The van der Waals surface area contributed by atoms with Crippen molar-refractivity contribution in [3.63, 3.8) is 0 Å². The van der Waals surface area contributed by atoms with Gasteiger partial charge in [-0.2, -0.15) is 0 Å². The van der Waals surface area contributed by atoms with Gasteiger partial charge in [-0.1, -0.05) is 97.1 Å². The lowest BCUT2D eigenvalue weighted by molar-refractivity contribution is 0.424. The summed E-state index contributed by atoms with van der Waals surface area (Å²) in [7, 11) is 0. The lowest BCUT2D eigenvalue weighted by atomic mass is 9.69. The van der Waals surface area contributed by atoms with E-state index in [-0.39, 0.29) is 5.41 Å². The molecule has 0 saturated heterocycles. The standard InChI is InChI=1S/C24H24/c1-2-18-24(23-16-10-5-11-17-23,19-21-12-6-3-7-13-21)20-22-14-8-4-9-15-22/h2-17H,1,18-20H2. The fraction of sp³-hybridized carbons (Fsp3) is 0.167. The SMILES string of the molecule is C=CCC(Cc1ccccc1)(Cc1ccccc1)c1ccccc1. The van der Waals surface area contributed by atoms with Crippen molar-refractivity contribution in [2.75, 3.05) is 0 Å². The minimum Gasteiger partial charge on any atom is -0.103 e. The molecule has 0 N–H and O–H groups in total. The molecule has 0 heterocycles. The molecule has 0 aliphatic heterocycles. The minimum atomic E-state index is 0.0334. The highest BCUT2D eigenvalue weighted by atomic mass is 14.3. The van der Waals surface area contributed by atoms with E-state index >= 15 is 0 Å². The molecule has 0 bridgehead atoms. The molecule has 0 aliphatic rings. The number of rotatable bonds is 7. The number of hydrogen-bond donors (Lipinski definition) is 0. The average molecular weight is 312 g/mol. The number of benzene rings is 3. The Morgan fingerprint density at radius 3 is 1.46 bits per heavy atom. The van der Waals surface area contributed by atoms with Crippen LogP contribution < -0.4 is 0 Å². The average Bonchev–Trinajstić information content (AvgIpc) is 2.64. The summed E-state index contributed by atoms with van der Waals surface area (Å²) in [4.78, 5) is 0. The fourth-order valence-electron chi connectivity index (χ4n) is 3.57. The zero-order chi connectivity index (χ0) is 16.7. The van der Waals surface area contributed by atoms with E-state index in [4.69, 9.17) is 0 Å². The highest BCUT2D eigenvalue weighted by molar-refractivity contribution is 5.34. The molecule has 0 spiro atoms. The Morgan fingerprint density at radius 1 is 0.625 bits per heavy atom. The molecular weight excluding hydrogens is 288 g/mol. The largest absolute Gasteiger partial charge is 0.103 e. The second-order valence-corrected chi connectivity index (χ2v) is 6.46. The summed E-state index contributed by atoms with van der Waals surface area (Å²) in [6, 6.07) is 32.5. The van der Waals surface area contributed by atoms with E-state index in [1.165, 1.54) is 16.7 Å². The Bertz CT molecular complexity index is 700. The molecule has 3 aromatic carbocycles. The van der Waals surface area contributed by atoms with E-state index in [9.17, 15) is 0 Å². The van der Waals surface area contributed by atoms with Crippen LogP contribution in [0, 0.1) is 0 Å². The van der Waals surface area contributed by atoms with Gasteiger partial charge < -0.3 is 0 Å². The van der Waals surface area contributed by atoms with Crippen molar-refractivity contribution in [1.82, 2.24) is 0 Å². The maximum absolute atomic E-state index is 4.05. The van der Waals surface area contributed by atoms with Crippen molar-refractivity contribution in [1.29, 1.82) is 0 Å². The van der Waals surface area contributed by atoms with Crippen LogP contribution in [0.25, 0.3) is 0 Å². The summed E-state index contributed by atoms with van der Waals surface area (Å²) in [5, 5.41) is 0. The van der Waals surface area contributed by atoms with Crippen LogP contribution in [0.2, 0.25) is 0 Å². The van der Waals surface area contributed by atoms with E-state index in [2.05, 4.69) is 104 Å². The van der Waals surface area contributed by atoms with Gasteiger partial charge in [0.05, 0.1) is 0 Å². The molecule has 0 radical (unpaired) electrons. The van der Waals surface area contributed by atoms with Crippen LogP contribution >= 0.6 is 0 Å². The Labute approximate surface area is 145 Å². The van der Waals surface area contributed by atoms with Crippen molar-refractivity contribution in [2.45, 2.75) is 24.7 Å². The Morgan fingerprint density at radius 2 is 1.04 bits per heavy atom. The first-order chi connectivity index (χ1) is 11.8. The fourth-order valence-corrected chi connectivity index (χ4v) is 3.57. The number of allylic oxidation sites excluding steroid dienone is 1. The summed E-state index contributed by atoms with van der Waals surface area (Å²) >= 11 is 0. The molecule has 0 atom stereocenters. The molecule has 3 rings (SSSR count). The van der Waals surface area contributed by atoms with Gasteiger partial charge in [0.15, 0.2) is 0 Å². The highest BCUT2D eigenvalue weighted by Gasteiger charge is 2.31. The van der Waals surface area contributed by atoms with E-state index in [0.717, 1.165) is 19.3 Å². The first kappa shape index (κ1) is 16.3. The highest BCUT2D eigenvalue weighted by Crippen LogP contribution is 2.36. The molecule has 24 heavy (non-hydrogen) atoms. The normalized spacial score (nSPS) is 11.2. The van der Waals surface area contributed by atoms with Crippen molar-refractivity contribution in [3.8, 4) is 0 Å². The Hall–Kier alpha value is -2.60. The van der Waals surface area contributed by atoms with Crippen LogP contribution in [0.1, 0.15) is 23.1 Å². The second-order valence-electron chi connectivity index (χ2n) is 6.46. The molecule has 0 nitrogen and oxygen atoms in total. The molecule has 0 heteroatoms. The lowest BCUT2D eigenvalue weighted by Crippen LogP contribution is -2.31. The third-order valence-corrected chi connectivity index (χ3v) is 4.69. The lowest BCUT2D eigenvalue weighted by Gasteiger charge is -2.34. The molecule has 0 aromatic heterocycles. The summed E-state index contributed by atoms with van der Waals surface area (Å²) in [5.41, 5.74) is 4.17. The number of hydrogen-bond acceptors (Lipinski definition) is 0. The Kier molecular flexibility index (Phi) is 5.28. The van der Waals surface area contributed by atoms with Crippen LogP contribution in [-0.2, 0) is 18.3 Å². The molecule has 0 amide bonds. The van der Waals surface area contributed by atoms with Gasteiger partial charge in [-0.3, -0.25) is 0 Å². The van der Waals surface area contributed by atoms with Crippen molar-refractivity contribution in [3.05, 3.63) is 120 Å². The summed E-state index contributed by atoms with van der Waals surface area (Å²) in [5.74, 6) is 0. The quantitative estimate of drug-likeness (QED) is 0.470. The zero-order valence-electron chi connectivity index (χ0n) is 14.1. The zero-order valence-corrected chi connectivity index (χ0v) is 14.1. The molecule has 0 aliphatic carbocycles. The van der Waals surface area contributed by atoms with Crippen molar-refractivity contribution < 1.29 is 0 Å². The van der Waals surface area contributed by atoms with Crippen LogP contribution in [-0.4, -0.2) is 0 Å². The predicted octanol–water partition coefficient (Wildman–Crippen LogP) is 5.99. The second kappa shape index (κ2) is 7.79. The smallest absolute Gasteiger partial charge is 0.00679 e. The van der Waals surface area contributed by atoms with E-state index in [0.29, 0.717) is 0 Å². The van der Waals surface area contributed by atoms with Crippen LogP contribution in [0.3, 0.4) is 0 Å². The maximum Gasteiger partial charge on any atom is 0.00679 e. The van der Waals surface area contributed by atoms with Gasteiger partial charge in [0.2, 0.25) is 0 Å². The van der Waals surface area contributed by atoms with Crippen LogP contribution in [0.5, 0.6) is 0 Å². The molecule has 0 saturated carbocycles. The van der Waals surface area contributed by atoms with Crippen LogP contribution in [0.4, 0.5) is 0 Å². The topological polar surface area (TPSA) is 0 Å². The maximum atomic E-state index is 4.05. The van der Waals surface area contributed by atoms with Gasteiger partial charge >= 0.3 is 0 Å². The van der Waals surface area contributed by atoms with Gasteiger partial charge in [-0.05, 0) is 36.0 Å². The minimum absolute atomic E-state index is 0.0334. The first-order valence-electron chi connectivity index (χ1n) is 8.57. The summed E-state index contributed by atoms with van der Waals surface area (Å²) < 4.78 is 0. The van der Waals surface area contributed by atoms with E-state index in [1.807, 2.05) is 0 Å². The summed E-state index contributed by atoms with van der Waals surface area (Å²) in [6.07, 6.45) is 5.05. The molecule has 0 unspecified atom stereocenters. The molecular formula is C24H24. The van der Waals surface area contributed by atoms with E-state index in [1.54, 1.807) is 0 Å².